The average Bonchev–Trinajstić information content (AvgIpc) is 2.91. The molecule has 1 aromatic rings. The first-order chi connectivity index (χ1) is 6.92. The lowest BCUT2D eigenvalue weighted by molar-refractivity contribution is 0.380. The maximum Gasteiger partial charge on any atom is 0.174 e. The van der Waals surface area contributed by atoms with Crippen LogP contribution >= 0.6 is 0 Å². The lowest BCUT2D eigenvalue weighted by Crippen LogP contribution is -2.23. The maximum absolute atomic E-state index is 3.97. The minimum absolute atomic E-state index is 0.770. The van der Waals surface area contributed by atoms with Gasteiger partial charge in [-0.1, -0.05) is 5.21 Å². The first kappa shape index (κ1) is 8.35. The molecule has 3 rings (SSSR count). The molecule has 0 spiro atoms. The molecule has 76 valence electrons. The first-order valence-corrected chi connectivity index (χ1v) is 5.40. The zero-order chi connectivity index (χ0) is 9.38. The van der Waals surface area contributed by atoms with Gasteiger partial charge in [0.25, 0.3) is 0 Å². The number of nitrogens with zero attached hydrogens (tertiary/aromatic N) is 3. The van der Waals surface area contributed by atoms with Gasteiger partial charge in [-0.3, -0.25) is 0 Å². The van der Waals surface area contributed by atoms with Crippen molar-refractivity contribution in [3.8, 4) is 0 Å². The highest BCUT2D eigenvalue weighted by molar-refractivity contribution is 4.98. The molecule has 3 heterocycles. The summed E-state index contributed by atoms with van der Waals surface area (Å²) in [4.78, 5) is 0. The molecule has 0 saturated carbocycles. The molecule has 2 fully saturated rings. The van der Waals surface area contributed by atoms with Gasteiger partial charge >= 0.3 is 0 Å². The van der Waals surface area contributed by atoms with Crippen LogP contribution in [-0.2, 0) is 6.42 Å². The maximum atomic E-state index is 3.97. The molecule has 0 aromatic carbocycles. The molecule has 2 aliphatic rings. The van der Waals surface area contributed by atoms with Gasteiger partial charge in [0.15, 0.2) is 5.82 Å². The van der Waals surface area contributed by atoms with Crippen LogP contribution in [0.5, 0.6) is 0 Å². The van der Waals surface area contributed by atoms with E-state index in [1.807, 2.05) is 0 Å². The number of fused-ring (bicyclic) bond motifs is 2. The smallest absolute Gasteiger partial charge is 0.174 e. The molecule has 2 N–H and O–H groups in total. The molecule has 3 atom stereocenters. The Labute approximate surface area is 82.7 Å². The fourth-order valence-corrected chi connectivity index (χ4v) is 2.86. The lowest BCUT2D eigenvalue weighted by Gasteiger charge is -2.18. The number of nitrogens with one attached hydrogen (secondary N) is 2. The van der Waals surface area contributed by atoms with Crippen LogP contribution in [0.2, 0.25) is 0 Å². The van der Waals surface area contributed by atoms with E-state index in [2.05, 4.69) is 25.9 Å². The minimum Gasteiger partial charge on any atom is -0.311 e. The second-order valence-electron chi connectivity index (χ2n) is 4.41. The number of H-pyrrole nitrogens is 1. The quantitative estimate of drug-likeness (QED) is 0.723. The van der Waals surface area contributed by atoms with Crippen molar-refractivity contribution in [2.24, 2.45) is 5.92 Å². The van der Waals surface area contributed by atoms with Crippen LogP contribution in [0.1, 0.15) is 31.5 Å². The van der Waals surface area contributed by atoms with E-state index in [4.69, 9.17) is 0 Å². The van der Waals surface area contributed by atoms with Gasteiger partial charge in [-0.05, 0) is 31.6 Å². The summed E-state index contributed by atoms with van der Waals surface area (Å²) in [5.74, 6) is 1.69. The van der Waals surface area contributed by atoms with Crippen molar-refractivity contribution < 1.29 is 0 Å². The zero-order valence-corrected chi connectivity index (χ0v) is 8.11. The largest absolute Gasteiger partial charge is 0.311 e. The lowest BCUT2D eigenvalue weighted by atomic mass is 9.86. The van der Waals surface area contributed by atoms with Crippen LogP contribution in [0.3, 0.4) is 0 Å². The van der Waals surface area contributed by atoms with Gasteiger partial charge in [0.1, 0.15) is 0 Å². The highest BCUT2D eigenvalue weighted by Crippen LogP contribution is 2.35. The fraction of sp³-hybridized carbons (Fsp3) is 0.889. The van der Waals surface area contributed by atoms with E-state index in [1.54, 1.807) is 0 Å². The second-order valence-corrected chi connectivity index (χ2v) is 4.41. The Kier molecular flexibility index (Phi) is 1.97. The monoisotopic (exact) mass is 193 g/mol. The predicted molar refractivity (Wildman–Crippen MR) is 50.6 cm³/mol. The molecule has 1 aromatic heterocycles. The standard InChI is InChI=1S/C9H15N5/c1(4-9-11-13-14-12-9)6-5-7-2-3-8(6)10-7/h6-8,10H,1-5H2,(H,11,12,13,14). The van der Waals surface area contributed by atoms with Gasteiger partial charge in [-0.2, -0.15) is 5.21 Å². The summed E-state index contributed by atoms with van der Waals surface area (Å²) in [7, 11) is 0. The Balaban J connectivity index is 1.54. The summed E-state index contributed by atoms with van der Waals surface area (Å²) in [5, 5.41) is 17.6. The van der Waals surface area contributed by atoms with Crippen molar-refractivity contribution in [2.75, 3.05) is 0 Å². The van der Waals surface area contributed by atoms with Crippen LogP contribution in [0, 0.1) is 5.92 Å². The van der Waals surface area contributed by atoms with Gasteiger partial charge in [0.05, 0.1) is 0 Å². The number of hydrogen-bond donors (Lipinski definition) is 2. The number of aromatic amines is 1. The molecule has 0 amide bonds. The van der Waals surface area contributed by atoms with E-state index in [9.17, 15) is 0 Å². The van der Waals surface area contributed by atoms with Crippen molar-refractivity contribution in [1.82, 2.24) is 25.9 Å². The number of tetrazole rings is 1. The van der Waals surface area contributed by atoms with Crippen molar-refractivity contribution in [1.29, 1.82) is 0 Å². The Bertz CT molecular complexity index is 296. The molecular weight excluding hydrogens is 178 g/mol. The molecule has 2 bridgehead atoms. The number of rotatable bonds is 3. The van der Waals surface area contributed by atoms with Gasteiger partial charge in [0, 0.05) is 18.5 Å². The first-order valence-electron chi connectivity index (χ1n) is 5.40. The third-order valence-electron chi connectivity index (χ3n) is 3.56. The van der Waals surface area contributed by atoms with Crippen molar-refractivity contribution >= 4 is 0 Å². The van der Waals surface area contributed by atoms with E-state index >= 15 is 0 Å². The third kappa shape index (κ3) is 1.41. The zero-order valence-electron chi connectivity index (χ0n) is 8.11. The summed E-state index contributed by atoms with van der Waals surface area (Å²) in [5.41, 5.74) is 0. The second kappa shape index (κ2) is 3.31. The molecule has 2 saturated heterocycles. The summed E-state index contributed by atoms with van der Waals surface area (Å²) >= 11 is 0. The van der Waals surface area contributed by atoms with Crippen LogP contribution < -0.4 is 5.32 Å². The van der Waals surface area contributed by atoms with Crippen molar-refractivity contribution in [2.45, 2.75) is 44.2 Å². The molecule has 2 aliphatic heterocycles. The predicted octanol–water partition coefficient (Wildman–Crippen LogP) is 0.273. The Morgan fingerprint density at radius 2 is 2.36 bits per heavy atom. The van der Waals surface area contributed by atoms with Gasteiger partial charge in [-0.25, -0.2) is 0 Å². The number of aromatic nitrogens is 4. The fourth-order valence-electron chi connectivity index (χ4n) is 2.86. The number of aryl methyl sites for hydroxylation is 1. The van der Waals surface area contributed by atoms with E-state index in [0.29, 0.717) is 0 Å². The normalized spacial score (nSPS) is 35.3. The van der Waals surface area contributed by atoms with E-state index < -0.39 is 0 Å². The average molecular weight is 193 g/mol. The Morgan fingerprint density at radius 3 is 3.00 bits per heavy atom. The molecule has 5 heteroatoms. The summed E-state index contributed by atoms with van der Waals surface area (Å²) in [6.45, 7) is 0. The van der Waals surface area contributed by atoms with E-state index in [1.165, 1.54) is 25.7 Å². The summed E-state index contributed by atoms with van der Waals surface area (Å²) in [6, 6.07) is 1.57. The van der Waals surface area contributed by atoms with Crippen molar-refractivity contribution in [3.05, 3.63) is 5.82 Å². The number of hydrogen-bond acceptors (Lipinski definition) is 4. The third-order valence-corrected chi connectivity index (χ3v) is 3.56. The molecule has 14 heavy (non-hydrogen) atoms. The molecular formula is C9H15N5. The highest BCUT2D eigenvalue weighted by atomic mass is 15.5. The molecule has 5 nitrogen and oxygen atoms in total. The summed E-state index contributed by atoms with van der Waals surface area (Å²) in [6.07, 6.45) is 6.26. The minimum atomic E-state index is 0.770. The summed E-state index contributed by atoms with van der Waals surface area (Å²) < 4.78 is 0. The highest BCUT2D eigenvalue weighted by Gasteiger charge is 2.38. The Hall–Kier alpha value is -0.970. The van der Waals surface area contributed by atoms with Crippen LogP contribution in [0.15, 0.2) is 0 Å². The SMILES string of the molecule is C(CC1CC2CCC1N2)c1nn[nH]n1. The van der Waals surface area contributed by atoms with Gasteiger partial charge < -0.3 is 5.32 Å². The molecule has 0 aliphatic carbocycles. The van der Waals surface area contributed by atoms with E-state index in [0.717, 1.165) is 30.2 Å². The van der Waals surface area contributed by atoms with Crippen LogP contribution in [-0.4, -0.2) is 32.7 Å². The molecule has 3 unspecified atom stereocenters. The van der Waals surface area contributed by atoms with Crippen LogP contribution in [0.25, 0.3) is 0 Å². The van der Waals surface area contributed by atoms with Crippen molar-refractivity contribution in [3.63, 3.8) is 0 Å². The molecule has 0 radical (unpaired) electrons. The topological polar surface area (TPSA) is 66.5 Å². The van der Waals surface area contributed by atoms with E-state index in [-0.39, 0.29) is 0 Å². The van der Waals surface area contributed by atoms with Gasteiger partial charge in [0.2, 0.25) is 0 Å². The van der Waals surface area contributed by atoms with Crippen LogP contribution in [0.4, 0.5) is 0 Å². The Morgan fingerprint density at radius 1 is 1.36 bits per heavy atom. The van der Waals surface area contributed by atoms with Gasteiger partial charge in [-0.15, -0.1) is 10.2 Å².